The topological polar surface area (TPSA) is 32.3 Å². The van der Waals surface area contributed by atoms with E-state index in [1.807, 2.05) is 11.8 Å². The number of hydrogen-bond acceptors (Lipinski definition) is 2. The minimum atomic E-state index is -0.236. The maximum atomic E-state index is 12.8. The predicted octanol–water partition coefficient (Wildman–Crippen LogP) is 2.49. The quantitative estimate of drug-likeness (QED) is 0.906. The van der Waals surface area contributed by atoms with E-state index in [0.29, 0.717) is 6.54 Å². The van der Waals surface area contributed by atoms with Crippen molar-refractivity contribution >= 4 is 5.91 Å². The fourth-order valence-electron chi connectivity index (χ4n) is 2.36. The van der Waals surface area contributed by atoms with Crippen LogP contribution >= 0.6 is 0 Å². The van der Waals surface area contributed by atoms with Crippen LogP contribution in [-0.4, -0.2) is 30.4 Å². The molecule has 0 unspecified atom stereocenters. The number of halogens is 1. The van der Waals surface area contributed by atoms with Crippen molar-refractivity contribution < 1.29 is 9.18 Å². The van der Waals surface area contributed by atoms with Crippen LogP contribution < -0.4 is 5.32 Å². The fraction of sp³-hybridized carbons (Fsp3) is 0.533. The van der Waals surface area contributed by atoms with E-state index in [1.54, 1.807) is 12.1 Å². The van der Waals surface area contributed by atoms with Gasteiger partial charge in [0.05, 0.1) is 6.54 Å². The third-order valence-corrected chi connectivity index (χ3v) is 3.64. The van der Waals surface area contributed by atoms with Gasteiger partial charge in [0.1, 0.15) is 5.82 Å². The predicted molar refractivity (Wildman–Crippen MR) is 73.2 cm³/mol. The van der Waals surface area contributed by atoms with Crippen LogP contribution in [0.25, 0.3) is 0 Å². The number of amides is 1. The zero-order valence-electron chi connectivity index (χ0n) is 11.4. The van der Waals surface area contributed by atoms with Gasteiger partial charge in [-0.15, -0.1) is 0 Å². The van der Waals surface area contributed by atoms with Gasteiger partial charge in [-0.3, -0.25) is 4.79 Å². The number of nitrogens with zero attached hydrogens (tertiary/aromatic N) is 1. The third-order valence-electron chi connectivity index (χ3n) is 3.64. The maximum Gasteiger partial charge on any atom is 0.236 e. The van der Waals surface area contributed by atoms with Crippen LogP contribution in [0.15, 0.2) is 24.3 Å². The van der Waals surface area contributed by atoms with E-state index in [4.69, 9.17) is 0 Å². The molecule has 1 atom stereocenters. The Morgan fingerprint density at radius 2 is 1.89 bits per heavy atom. The third kappa shape index (κ3) is 4.03. The van der Waals surface area contributed by atoms with Gasteiger partial charge in [0.15, 0.2) is 0 Å². The average Bonchev–Trinajstić information content (AvgIpc) is 2.46. The van der Waals surface area contributed by atoms with Crippen LogP contribution in [0.3, 0.4) is 0 Å². The number of carbonyl (C=O) groups is 1. The van der Waals surface area contributed by atoms with Gasteiger partial charge in [-0.2, -0.15) is 0 Å². The van der Waals surface area contributed by atoms with Crippen molar-refractivity contribution in [1.82, 2.24) is 10.2 Å². The van der Waals surface area contributed by atoms with Gasteiger partial charge < -0.3 is 10.2 Å². The van der Waals surface area contributed by atoms with Crippen LogP contribution in [0.5, 0.6) is 0 Å². The van der Waals surface area contributed by atoms with Gasteiger partial charge in [0.25, 0.3) is 0 Å². The summed E-state index contributed by atoms with van der Waals surface area (Å²) in [7, 11) is 0. The molecular weight excluding hydrogens is 243 g/mol. The van der Waals surface area contributed by atoms with Gasteiger partial charge in [-0.05, 0) is 43.9 Å². The summed E-state index contributed by atoms with van der Waals surface area (Å²) < 4.78 is 12.8. The van der Waals surface area contributed by atoms with Crippen molar-refractivity contribution in [2.24, 2.45) is 0 Å². The van der Waals surface area contributed by atoms with Gasteiger partial charge in [-0.25, -0.2) is 4.39 Å². The standard InChI is InChI=1S/C15H21FN2O/c1-12(13-5-7-14(16)8-6-13)17-11-15(19)18-9-3-2-4-10-18/h5-8,12,17H,2-4,9-11H2,1H3/t12-/m0/s1. The Labute approximate surface area is 113 Å². The Hall–Kier alpha value is -1.42. The summed E-state index contributed by atoms with van der Waals surface area (Å²) >= 11 is 0. The van der Waals surface area contributed by atoms with E-state index in [0.717, 1.165) is 31.5 Å². The second kappa shape index (κ2) is 6.66. The average molecular weight is 264 g/mol. The van der Waals surface area contributed by atoms with Crippen LogP contribution in [0.1, 0.15) is 37.8 Å². The molecule has 0 aromatic heterocycles. The van der Waals surface area contributed by atoms with Crippen molar-refractivity contribution in [2.45, 2.75) is 32.2 Å². The van der Waals surface area contributed by atoms with E-state index in [-0.39, 0.29) is 17.8 Å². The molecule has 0 saturated carbocycles. The highest BCUT2D eigenvalue weighted by Gasteiger charge is 2.16. The van der Waals surface area contributed by atoms with Gasteiger partial charge >= 0.3 is 0 Å². The lowest BCUT2D eigenvalue weighted by molar-refractivity contribution is -0.131. The molecule has 1 heterocycles. The fourth-order valence-corrected chi connectivity index (χ4v) is 2.36. The number of benzene rings is 1. The van der Waals surface area contributed by atoms with Crippen molar-refractivity contribution in [3.8, 4) is 0 Å². The summed E-state index contributed by atoms with van der Waals surface area (Å²) in [6, 6.07) is 6.44. The highest BCUT2D eigenvalue weighted by Crippen LogP contribution is 2.13. The summed E-state index contributed by atoms with van der Waals surface area (Å²) in [4.78, 5) is 13.9. The molecule has 1 aromatic rings. The zero-order valence-corrected chi connectivity index (χ0v) is 11.4. The summed E-state index contributed by atoms with van der Waals surface area (Å²) in [6.07, 6.45) is 3.45. The maximum absolute atomic E-state index is 12.8. The molecule has 0 aliphatic carbocycles. The monoisotopic (exact) mass is 264 g/mol. The van der Waals surface area contributed by atoms with Gasteiger partial charge in [-0.1, -0.05) is 12.1 Å². The summed E-state index contributed by atoms with van der Waals surface area (Å²) in [5.74, 6) is -0.0750. The van der Waals surface area contributed by atoms with Crippen molar-refractivity contribution in [2.75, 3.05) is 19.6 Å². The first kappa shape index (κ1) is 14.0. The largest absolute Gasteiger partial charge is 0.342 e. The van der Waals surface area contributed by atoms with Crippen LogP contribution in [0.2, 0.25) is 0 Å². The van der Waals surface area contributed by atoms with E-state index >= 15 is 0 Å². The molecule has 19 heavy (non-hydrogen) atoms. The molecule has 0 radical (unpaired) electrons. The first-order chi connectivity index (χ1) is 9.16. The number of hydrogen-bond donors (Lipinski definition) is 1. The Balaban J connectivity index is 1.80. The van der Waals surface area contributed by atoms with Crippen molar-refractivity contribution in [3.05, 3.63) is 35.6 Å². The number of rotatable bonds is 4. The highest BCUT2D eigenvalue weighted by molar-refractivity contribution is 5.78. The second-order valence-corrected chi connectivity index (χ2v) is 5.10. The van der Waals surface area contributed by atoms with E-state index < -0.39 is 0 Å². The molecule has 3 nitrogen and oxygen atoms in total. The van der Waals surface area contributed by atoms with Gasteiger partial charge in [0.2, 0.25) is 5.91 Å². The molecule has 1 aliphatic rings. The van der Waals surface area contributed by atoms with Crippen molar-refractivity contribution in [1.29, 1.82) is 0 Å². The SMILES string of the molecule is C[C@H](NCC(=O)N1CCCCC1)c1ccc(F)cc1. The molecule has 0 bridgehead atoms. The molecule has 1 N–H and O–H groups in total. The van der Waals surface area contributed by atoms with Crippen molar-refractivity contribution in [3.63, 3.8) is 0 Å². The first-order valence-electron chi connectivity index (χ1n) is 6.93. The molecule has 2 rings (SSSR count). The molecule has 0 spiro atoms. The first-order valence-corrected chi connectivity index (χ1v) is 6.93. The molecule has 4 heteroatoms. The van der Waals surface area contributed by atoms with E-state index in [1.165, 1.54) is 18.6 Å². The summed E-state index contributed by atoms with van der Waals surface area (Å²) in [6.45, 7) is 4.09. The molecule has 1 aliphatic heterocycles. The Morgan fingerprint density at radius 1 is 1.26 bits per heavy atom. The second-order valence-electron chi connectivity index (χ2n) is 5.10. The minimum Gasteiger partial charge on any atom is -0.342 e. The lowest BCUT2D eigenvalue weighted by Crippen LogP contribution is -2.41. The molecule has 1 amide bonds. The summed E-state index contributed by atoms with van der Waals surface area (Å²) in [5, 5.41) is 3.20. The van der Waals surface area contributed by atoms with Crippen LogP contribution in [0.4, 0.5) is 4.39 Å². The Kier molecular flexibility index (Phi) is 4.91. The lowest BCUT2D eigenvalue weighted by Gasteiger charge is -2.27. The molecule has 104 valence electrons. The molecular formula is C15H21FN2O. The smallest absolute Gasteiger partial charge is 0.236 e. The van der Waals surface area contributed by atoms with Crippen LogP contribution in [-0.2, 0) is 4.79 Å². The minimum absolute atomic E-state index is 0.0503. The van der Waals surface area contributed by atoms with Gasteiger partial charge in [0, 0.05) is 19.1 Å². The van der Waals surface area contributed by atoms with Crippen LogP contribution in [0, 0.1) is 5.82 Å². The van der Waals surface area contributed by atoms with E-state index in [9.17, 15) is 9.18 Å². The molecule has 1 aromatic carbocycles. The normalized spacial score (nSPS) is 17.3. The number of nitrogens with one attached hydrogen (secondary N) is 1. The lowest BCUT2D eigenvalue weighted by atomic mass is 10.1. The zero-order chi connectivity index (χ0) is 13.7. The molecule has 1 saturated heterocycles. The summed E-state index contributed by atoms with van der Waals surface area (Å²) in [5.41, 5.74) is 0.993. The number of likely N-dealkylation sites (tertiary alicyclic amines) is 1. The Morgan fingerprint density at radius 3 is 2.53 bits per heavy atom. The molecule has 1 fully saturated rings. The number of carbonyl (C=O) groups excluding carboxylic acids is 1. The highest BCUT2D eigenvalue weighted by atomic mass is 19.1. The van der Waals surface area contributed by atoms with E-state index in [2.05, 4.69) is 5.32 Å². The number of piperidine rings is 1. The Bertz CT molecular complexity index is 413.